The van der Waals surface area contributed by atoms with Crippen LogP contribution in [0.25, 0.3) is 0 Å². The lowest BCUT2D eigenvalue weighted by atomic mass is 10.1. The monoisotopic (exact) mass is 372 g/mol. The minimum atomic E-state index is -0.653. The maximum atomic E-state index is 10.4. The molecule has 0 bridgehead atoms. The Hall–Kier alpha value is -0.180. The van der Waals surface area contributed by atoms with Crippen LogP contribution in [0.15, 0.2) is 0 Å². The fourth-order valence-corrected chi connectivity index (χ4v) is 4.18. The van der Waals surface area contributed by atoms with Gasteiger partial charge in [-0.05, 0) is 30.8 Å². The Kier molecular flexibility index (Phi) is 21.7. The Bertz CT molecular complexity index is 269. The average Bonchev–Trinajstić information content (AvgIpc) is 2.60. The van der Waals surface area contributed by atoms with Gasteiger partial charge in [0.1, 0.15) is 0 Å². The summed E-state index contributed by atoms with van der Waals surface area (Å²) in [6.45, 7) is 2.28. The molecule has 0 aromatic carbocycles. The summed E-state index contributed by atoms with van der Waals surface area (Å²) in [6.07, 6.45) is 23.1. The van der Waals surface area contributed by atoms with Gasteiger partial charge in [0, 0.05) is 6.42 Å². The standard InChI is InChI=1S/C22H44O2S/c1-2-3-4-5-6-8-11-14-17-20-25-21-18-15-12-9-7-10-13-16-19-22(23)24/h2-21H2,1H3,(H,23,24). The molecule has 0 fully saturated rings. The van der Waals surface area contributed by atoms with E-state index in [4.69, 9.17) is 5.11 Å². The van der Waals surface area contributed by atoms with Crippen LogP contribution in [0, 0.1) is 0 Å². The molecule has 0 aliphatic heterocycles. The maximum Gasteiger partial charge on any atom is 0.303 e. The van der Waals surface area contributed by atoms with Gasteiger partial charge in [-0.25, -0.2) is 0 Å². The lowest BCUT2D eigenvalue weighted by Crippen LogP contribution is -1.93. The third-order valence-electron chi connectivity index (χ3n) is 4.82. The van der Waals surface area contributed by atoms with Crippen LogP contribution in [-0.4, -0.2) is 22.6 Å². The molecule has 3 heteroatoms. The van der Waals surface area contributed by atoms with Gasteiger partial charge in [0.15, 0.2) is 0 Å². The van der Waals surface area contributed by atoms with Gasteiger partial charge in [-0.1, -0.05) is 96.8 Å². The summed E-state index contributed by atoms with van der Waals surface area (Å²) in [6, 6.07) is 0. The molecule has 0 aliphatic rings. The zero-order valence-corrected chi connectivity index (χ0v) is 17.7. The van der Waals surface area contributed by atoms with Gasteiger partial charge in [0.05, 0.1) is 0 Å². The molecule has 150 valence electrons. The van der Waals surface area contributed by atoms with Crippen molar-refractivity contribution in [2.75, 3.05) is 11.5 Å². The number of carbonyl (C=O) groups is 1. The van der Waals surface area contributed by atoms with Gasteiger partial charge in [0.25, 0.3) is 0 Å². The number of carboxylic acids is 1. The van der Waals surface area contributed by atoms with Crippen LogP contribution in [0.1, 0.15) is 122 Å². The van der Waals surface area contributed by atoms with Gasteiger partial charge in [-0.3, -0.25) is 4.79 Å². The highest BCUT2D eigenvalue weighted by molar-refractivity contribution is 7.99. The lowest BCUT2D eigenvalue weighted by Gasteiger charge is -2.04. The first kappa shape index (κ1) is 24.8. The average molecular weight is 373 g/mol. The quantitative estimate of drug-likeness (QED) is 0.208. The Morgan fingerprint density at radius 2 is 0.960 bits per heavy atom. The highest BCUT2D eigenvalue weighted by Gasteiger charge is 1.97. The Labute approximate surface area is 161 Å². The van der Waals surface area contributed by atoms with Crippen molar-refractivity contribution in [1.82, 2.24) is 0 Å². The molecule has 0 heterocycles. The first-order chi connectivity index (χ1) is 12.3. The van der Waals surface area contributed by atoms with Crippen molar-refractivity contribution >= 4 is 17.7 Å². The second kappa shape index (κ2) is 21.9. The molecule has 0 spiro atoms. The van der Waals surface area contributed by atoms with E-state index in [0.717, 1.165) is 12.8 Å². The van der Waals surface area contributed by atoms with Crippen molar-refractivity contribution in [2.45, 2.75) is 122 Å². The molecule has 0 atom stereocenters. The topological polar surface area (TPSA) is 37.3 Å². The van der Waals surface area contributed by atoms with Crippen molar-refractivity contribution in [1.29, 1.82) is 0 Å². The first-order valence-corrected chi connectivity index (χ1v) is 12.2. The number of hydrogen-bond donors (Lipinski definition) is 1. The minimum absolute atomic E-state index is 0.343. The molecule has 0 aliphatic carbocycles. The van der Waals surface area contributed by atoms with Crippen LogP contribution in [0.5, 0.6) is 0 Å². The van der Waals surface area contributed by atoms with Crippen LogP contribution < -0.4 is 0 Å². The molecule has 0 unspecified atom stereocenters. The van der Waals surface area contributed by atoms with Crippen molar-refractivity contribution in [2.24, 2.45) is 0 Å². The molecule has 25 heavy (non-hydrogen) atoms. The minimum Gasteiger partial charge on any atom is -0.481 e. The van der Waals surface area contributed by atoms with Crippen LogP contribution in [0.4, 0.5) is 0 Å². The SMILES string of the molecule is CCCCCCCCCCCSCCCCCCCCCCC(=O)O. The summed E-state index contributed by atoms with van der Waals surface area (Å²) < 4.78 is 0. The molecule has 0 amide bonds. The van der Waals surface area contributed by atoms with Gasteiger partial charge < -0.3 is 5.11 Å². The third kappa shape index (κ3) is 23.8. The first-order valence-electron chi connectivity index (χ1n) is 11.1. The van der Waals surface area contributed by atoms with Crippen molar-refractivity contribution in [3.05, 3.63) is 0 Å². The highest BCUT2D eigenvalue weighted by atomic mass is 32.2. The van der Waals surface area contributed by atoms with Crippen LogP contribution in [0.2, 0.25) is 0 Å². The number of thioether (sulfide) groups is 1. The van der Waals surface area contributed by atoms with E-state index in [1.165, 1.54) is 108 Å². The van der Waals surface area contributed by atoms with E-state index in [-0.39, 0.29) is 0 Å². The van der Waals surface area contributed by atoms with E-state index in [2.05, 4.69) is 18.7 Å². The van der Waals surface area contributed by atoms with Crippen molar-refractivity contribution in [3.63, 3.8) is 0 Å². The third-order valence-corrected chi connectivity index (χ3v) is 5.98. The van der Waals surface area contributed by atoms with Crippen LogP contribution >= 0.6 is 11.8 Å². The summed E-state index contributed by atoms with van der Waals surface area (Å²) >= 11 is 2.15. The molecule has 0 aromatic rings. The summed E-state index contributed by atoms with van der Waals surface area (Å²) in [7, 11) is 0. The molecule has 1 N–H and O–H groups in total. The number of hydrogen-bond acceptors (Lipinski definition) is 2. The van der Waals surface area contributed by atoms with E-state index >= 15 is 0 Å². The Morgan fingerprint density at radius 3 is 1.36 bits per heavy atom. The van der Waals surface area contributed by atoms with Crippen molar-refractivity contribution < 1.29 is 9.90 Å². The number of aliphatic carboxylic acids is 1. The zero-order valence-electron chi connectivity index (χ0n) is 16.9. The molecule has 0 radical (unpaired) electrons. The largest absolute Gasteiger partial charge is 0.481 e. The Balaban J connectivity index is 2.97. The molecule has 0 saturated heterocycles. The number of rotatable bonds is 21. The Morgan fingerprint density at radius 1 is 0.600 bits per heavy atom. The van der Waals surface area contributed by atoms with Crippen LogP contribution in [0.3, 0.4) is 0 Å². The van der Waals surface area contributed by atoms with E-state index in [1.54, 1.807) is 0 Å². The molecule has 0 rings (SSSR count). The van der Waals surface area contributed by atoms with Gasteiger partial charge in [-0.2, -0.15) is 11.8 Å². The van der Waals surface area contributed by atoms with E-state index in [0.29, 0.717) is 6.42 Å². The van der Waals surface area contributed by atoms with E-state index in [1.807, 2.05) is 0 Å². The highest BCUT2D eigenvalue weighted by Crippen LogP contribution is 2.14. The fourth-order valence-electron chi connectivity index (χ4n) is 3.16. The van der Waals surface area contributed by atoms with E-state index < -0.39 is 5.97 Å². The van der Waals surface area contributed by atoms with E-state index in [9.17, 15) is 4.79 Å². The summed E-state index contributed by atoms with van der Waals surface area (Å²) in [5.41, 5.74) is 0. The zero-order chi connectivity index (χ0) is 18.4. The normalized spacial score (nSPS) is 11.1. The number of unbranched alkanes of at least 4 members (excludes halogenated alkanes) is 15. The van der Waals surface area contributed by atoms with Gasteiger partial charge in [0.2, 0.25) is 0 Å². The van der Waals surface area contributed by atoms with Gasteiger partial charge >= 0.3 is 5.97 Å². The lowest BCUT2D eigenvalue weighted by molar-refractivity contribution is -0.137. The predicted octanol–water partition coefficient (Wildman–Crippen LogP) is 7.85. The summed E-state index contributed by atoms with van der Waals surface area (Å²) in [4.78, 5) is 10.4. The van der Waals surface area contributed by atoms with Crippen molar-refractivity contribution in [3.8, 4) is 0 Å². The smallest absolute Gasteiger partial charge is 0.303 e. The molecular formula is C22H44O2S. The van der Waals surface area contributed by atoms with Crippen LogP contribution in [-0.2, 0) is 4.79 Å². The molecule has 2 nitrogen and oxygen atoms in total. The second-order valence-electron chi connectivity index (χ2n) is 7.41. The predicted molar refractivity (Wildman–Crippen MR) is 114 cm³/mol. The molecular weight excluding hydrogens is 328 g/mol. The van der Waals surface area contributed by atoms with Gasteiger partial charge in [-0.15, -0.1) is 0 Å². The maximum absolute atomic E-state index is 10.4. The summed E-state index contributed by atoms with van der Waals surface area (Å²) in [5.74, 6) is 2.05. The molecule has 0 aromatic heterocycles. The second-order valence-corrected chi connectivity index (χ2v) is 8.64. The number of carboxylic acid groups (broad SMARTS) is 1. The molecule has 0 saturated carbocycles. The fraction of sp³-hybridized carbons (Fsp3) is 0.955. The summed E-state index contributed by atoms with van der Waals surface area (Å²) in [5, 5.41) is 8.56.